The summed E-state index contributed by atoms with van der Waals surface area (Å²) in [6.07, 6.45) is -4.59. The van der Waals surface area contributed by atoms with Gasteiger partial charge in [-0.15, -0.1) is 0 Å². The van der Waals surface area contributed by atoms with Gasteiger partial charge in [-0.05, 0) is 19.1 Å². The fraction of sp³-hybridized carbons (Fsp3) is 0.167. The number of hydrogen-bond donors (Lipinski definition) is 2. The van der Waals surface area contributed by atoms with Crippen molar-refractivity contribution in [3.8, 4) is 0 Å². The monoisotopic (exact) mass is 336 g/mol. The Balaban J connectivity index is 2.45. The smallest absolute Gasteiger partial charge is 0.418 e. The predicted molar refractivity (Wildman–Crippen MR) is 73.5 cm³/mol. The highest BCUT2D eigenvalue weighted by molar-refractivity contribution is 7.17. The summed E-state index contributed by atoms with van der Waals surface area (Å²) in [6.45, 7) is 1.46. The second-order valence-electron chi connectivity index (χ2n) is 4.02. The van der Waals surface area contributed by atoms with E-state index in [-0.39, 0.29) is 26.4 Å². The number of alkyl halides is 3. The fourth-order valence-electron chi connectivity index (χ4n) is 1.64. The first kappa shape index (κ1) is 15.6. The maximum atomic E-state index is 12.9. The van der Waals surface area contributed by atoms with Crippen LogP contribution in [0.4, 0.5) is 24.0 Å². The number of aryl methyl sites for hydroxylation is 1. The number of carbonyl (C=O) groups is 1. The average molecular weight is 337 g/mol. The van der Waals surface area contributed by atoms with E-state index in [9.17, 15) is 18.0 Å². The van der Waals surface area contributed by atoms with Crippen LogP contribution in [0.2, 0.25) is 5.02 Å². The molecule has 0 atom stereocenters. The lowest BCUT2D eigenvalue weighted by atomic mass is 10.1. The van der Waals surface area contributed by atoms with Gasteiger partial charge in [-0.3, -0.25) is 0 Å². The Kier molecular flexibility index (Phi) is 4.11. The van der Waals surface area contributed by atoms with Gasteiger partial charge in [0.2, 0.25) is 0 Å². The Labute approximate surface area is 126 Å². The van der Waals surface area contributed by atoms with E-state index in [4.69, 9.17) is 16.7 Å². The predicted octanol–water partition coefficient (Wildman–Crippen LogP) is 4.57. The number of benzene rings is 1. The molecule has 0 aliphatic rings. The quantitative estimate of drug-likeness (QED) is 0.862. The Morgan fingerprint density at radius 1 is 1.43 bits per heavy atom. The van der Waals surface area contributed by atoms with E-state index < -0.39 is 17.7 Å². The number of rotatable bonds is 3. The fourth-order valence-corrected chi connectivity index (χ4v) is 2.67. The molecule has 1 heterocycles. The number of anilines is 2. The molecule has 0 saturated carbocycles. The summed E-state index contributed by atoms with van der Waals surface area (Å²) in [7, 11) is 0. The molecule has 0 saturated heterocycles. The van der Waals surface area contributed by atoms with Crippen molar-refractivity contribution in [2.24, 2.45) is 0 Å². The van der Waals surface area contributed by atoms with E-state index in [0.717, 1.165) is 17.4 Å². The number of carboxylic acid groups (broad SMARTS) is 1. The second-order valence-corrected chi connectivity index (χ2v) is 5.43. The number of halogens is 4. The normalized spacial score (nSPS) is 11.5. The number of nitrogens with zero attached hydrogens (tertiary/aromatic N) is 1. The molecule has 0 bridgehead atoms. The summed E-state index contributed by atoms with van der Waals surface area (Å²) in [5.74, 6) is -1.19. The summed E-state index contributed by atoms with van der Waals surface area (Å²) in [5.41, 5.74) is -1.08. The Hall–Kier alpha value is -1.80. The number of para-hydroxylation sites is 1. The summed E-state index contributed by atoms with van der Waals surface area (Å²) >= 11 is 6.54. The maximum absolute atomic E-state index is 12.9. The van der Waals surface area contributed by atoms with Crippen molar-refractivity contribution in [1.82, 2.24) is 4.98 Å². The van der Waals surface area contributed by atoms with Gasteiger partial charge in [-0.25, -0.2) is 9.78 Å². The zero-order chi connectivity index (χ0) is 15.8. The van der Waals surface area contributed by atoms with Crippen LogP contribution >= 0.6 is 22.9 Å². The molecule has 0 amide bonds. The first-order valence-corrected chi connectivity index (χ1v) is 6.73. The lowest BCUT2D eigenvalue weighted by Gasteiger charge is -2.14. The standard InChI is InChI=1S/C12H8ClF3N2O2S/c1-5-9(10(19)20)21-11(17-5)18-8-6(12(14,15)16)3-2-4-7(8)13/h2-4H,1H3,(H,17,18)(H,19,20). The highest BCUT2D eigenvalue weighted by atomic mass is 35.5. The van der Waals surface area contributed by atoms with Gasteiger partial charge in [0.05, 0.1) is 22.0 Å². The molecule has 21 heavy (non-hydrogen) atoms. The van der Waals surface area contributed by atoms with Crippen LogP contribution in [0.5, 0.6) is 0 Å². The molecular weight excluding hydrogens is 329 g/mol. The third kappa shape index (κ3) is 3.27. The molecule has 112 valence electrons. The molecule has 0 unspecified atom stereocenters. The van der Waals surface area contributed by atoms with Crippen molar-refractivity contribution < 1.29 is 23.1 Å². The zero-order valence-corrected chi connectivity index (χ0v) is 12.0. The minimum absolute atomic E-state index is 0.0310. The van der Waals surface area contributed by atoms with Crippen LogP contribution in [0.15, 0.2) is 18.2 Å². The SMILES string of the molecule is Cc1nc(Nc2c(Cl)cccc2C(F)(F)F)sc1C(=O)O. The molecule has 0 fully saturated rings. The van der Waals surface area contributed by atoms with Crippen molar-refractivity contribution in [3.05, 3.63) is 39.4 Å². The maximum Gasteiger partial charge on any atom is 0.418 e. The minimum Gasteiger partial charge on any atom is -0.477 e. The Bertz CT molecular complexity index is 700. The molecule has 2 aromatic rings. The third-order valence-electron chi connectivity index (χ3n) is 2.54. The molecule has 0 aliphatic carbocycles. The van der Waals surface area contributed by atoms with Crippen molar-refractivity contribution in [3.63, 3.8) is 0 Å². The van der Waals surface area contributed by atoms with E-state index in [0.29, 0.717) is 0 Å². The van der Waals surface area contributed by atoms with Crippen molar-refractivity contribution in [2.45, 2.75) is 13.1 Å². The second kappa shape index (κ2) is 5.53. The zero-order valence-electron chi connectivity index (χ0n) is 10.5. The van der Waals surface area contributed by atoms with Crippen LogP contribution in [-0.2, 0) is 6.18 Å². The summed E-state index contributed by atoms with van der Waals surface area (Å²) in [6, 6.07) is 3.37. The summed E-state index contributed by atoms with van der Waals surface area (Å²) in [4.78, 5) is 14.8. The van der Waals surface area contributed by atoms with Crippen molar-refractivity contribution >= 4 is 39.7 Å². The van der Waals surface area contributed by atoms with E-state index >= 15 is 0 Å². The topological polar surface area (TPSA) is 62.2 Å². The van der Waals surface area contributed by atoms with E-state index in [1.807, 2.05) is 0 Å². The highest BCUT2D eigenvalue weighted by Crippen LogP contribution is 2.40. The van der Waals surface area contributed by atoms with Gasteiger partial charge in [0.1, 0.15) is 4.88 Å². The molecule has 1 aromatic heterocycles. The van der Waals surface area contributed by atoms with Gasteiger partial charge in [0.25, 0.3) is 0 Å². The minimum atomic E-state index is -4.59. The van der Waals surface area contributed by atoms with Crippen molar-refractivity contribution in [2.75, 3.05) is 5.32 Å². The lowest BCUT2D eigenvalue weighted by molar-refractivity contribution is -0.136. The van der Waals surface area contributed by atoms with Crippen LogP contribution in [0.1, 0.15) is 20.9 Å². The number of nitrogens with one attached hydrogen (secondary N) is 1. The summed E-state index contributed by atoms with van der Waals surface area (Å²) in [5, 5.41) is 11.3. The van der Waals surface area contributed by atoms with Crippen LogP contribution in [0.3, 0.4) is 0 Å². The number of aromatic carboxylic acids is 1. The Morgan fingerprint density at radius 2 is 2.10 bits per heavy atom. The first-order valence-electron chi connectivity index (χ1n) is 5.53. The van der Waals surface area contributed by atoms with Gasteiger partial charge in [0, 0.05) is 0 Å². The van der Waals surface area contributed by atoms with E-state index in [1.165, 1.54) is 19.1 Å². The summed E-state index contributed by atoms with van der Waals surface area (Å²) < 4.78 is 38.8. The van der Waals surface area contributed by atoms with Gasteiger partial charge in [-0.2, -0.15) is 13.2 Å². The number of thiazole rings is 1. The van der Waals surface area contributed by atoms with Gasteiger partial charge in [0.15, 0.2) is 5.13 Å². The van der Waals surface area contributed by atoms with E-state index in [2.05, 4.69) is 10.3 Å². The number of carboxylic acids is 1. The van der Waals surface area contributed by atoms with E-state index in [1.54, 1.807) is 0 Å². The first-order chi connectivity index (χ1) is 9.70. The van der Waals surface area contributed by atoms with Gasteiger partial charge >= 0.3 is 12.1 Å². The molecule has 4 nitrogen and oxygen atoms in total. The largest absolute Gasteiger partial charge is 0.477 e. The highest BCUT2D eigenvalue weighted by Gasteiger charge is 2.34. The molecular formula is C12H8ClF3N2O2S. The molecule has 1 aromatic carbocycles. The van der Waals surface area contributed by atoms with Crippen LogP contribution < -0.4 is 5.32 Å². The molecule has 0 spiro atoms. The molecule has 0 radical (unpaired) electrons. The molecule has 0 aliphatic heterocycles. The lowest BCUT2D eigenvalue weighted by Crippen LogP contribution is -2.09. The number of hydrogen-bond acceptors (Lipinski definition) is 4. The molecule has 2 N–H and O–H groups in total. The van der Waals surface area contributed by atoms with Gasteiger partial charge in [-0.1, -0.05) is 29.0 Å². The Morgan fingerprint density at radius 3 is 2.62 bits per heavy atom. The number of aromatic nitrogens is 1. The van der Waals surface area contributed by atoms with Gasteiger partial charge < -0.3 is 10.4 Å². The molecule has 2 rings (SSSR count). The molecule has 9 heteroatoms. The van der Waals surface area contributed by atoms with Crippen LogP contribution in [-0.4, -0.2) is 16.1 Å². The average Bonchev–Trinajstić information content (AvgIpc) is 2.71. The van der Waals surface area contributed by atoms with Crippen LogP contribution in [0.25, 0.3) is 0 Å². The third-order valence-corrected chi connectivity index (χ3v) is 3.92. The van der Waals surface area contributed by atoms with Crippen LogP contribution in [0, 0.1) is 6.92 Å². The van der Waals surface area contributed by atoms with Crippen molar-refractivity contribution in [1.29, 1.82) is 0 Å².